The maximum atomic E-state index is 5.71. The van der Waals surface area contributed by atoms with Crippen molar-refractivity contribution in [2.75, 3.05) is 59.7 Å². The van der Waals surface area contributed by atoms with Crippen LogP contribution in [0.4, 0.5) is 5.82 Å². The van der Waals surface area contributed by atoms with Gasteiger partial charge < -0.3 is 20.9 Å². The molecule has 2 aromatic heterocycles. The molecule has 0 unspecified atom stereocenters. The molecule has 164 valence electrons. The molecule has 2 heterocycles. The number of nitrogens with zero attached hydrogens (tertiary/aromatic N) is 6. The maximum Gasteiger partial charge on any atom is 0.134 e. The minimum absolute atomic E-state index is 0.366. The van der Waals surface area contributed by atoms with Gasteiger partial charge in [-0.25, -0.2) is 19.9 Å². The van der Waals surface area contributed by atoms with Crippen molar-refractivity contribution in [3.05, 3.63) is 40.2 Å². The molecule has 0 saturated heterocycles. The number of aromatic nitrogens is 4. The van der Waals surface area contributed by atoms with E-state index < -0.39 is 0 Å². The minimum Gasteiger partial charge on any atom is -0.370 e. The third kappa shape index (κ3) is 18.5. The summed E-state index contributed by atoms with van der Waals surface area (Å²) in [5.74, 6) is 0.781. The molecule has 0 aliphatic heterocycles. The summed E-state index contributed by atoms with van der Waals surface area (Å²) >= 11 is 16.5. The van der Waals surface area contributed by atoms with E-state index in [1.807, 2.05) is 0 Å². The van der Waals surface area contributed by atoms with Crippen molar-refractivity contribution in [2.24, 2.45) is 5.73 Å². The van der Waals surface area contributed by atoms with Gasteiger partial charge in [-0.1, -0.05) is 34.8 Å². The molecular weight excluding hydrogens is 435 g/mol. The molecule has 0 atom stereocenters. The van der Waals surface area contributed by atoms with Crippen LogP contribution in [0.15, 0.2) is 24.8 Å². The topological polar surface area (TPSA) is 96.1 Å². The van der Waals surface area contributed by atoms with E-state index in [1.54, 1.807) is 6.07 Å². The van der Waals surface area contributed by atoms with E-state index in [0.717, 1.165) is 44.8 Å². The summed E-state index contributed by atoms with van der Waals surface area (Å²) in [6, 6.07) is 3.19. The Morgan fingerprint density at radius 3 is 1.66 bits per heavy atom. The second-order valence-electron chi connectivity index (χ2n) is 6.42. The Balaban J connectivity index is 0.000000444. The summed E-state index contributed by atoms with van der Waals surface area (Å²) in [7, 11) is 8.22. The van der Waals surface area contributed by atoms with E-state index in [9.17, 15) is 0 Å². The van der Waals surface area contributed by atoms with Gasteiger partial charge in [0.2, 0.25) is 0 Å². The van der Waals surface area contributed by atoms with Crippen LogP contribution in [0.2, 0.25) is 15.5 Å². The molecule has 0 aliphatic rings. The van der Waals surface area contributed by atoms with Crippen LogP contribution in [-0.2, 0) is 0 Å². The van der Waals surface area contributed by atoms with Crippen LogP contribution in [0.3, 0.4) is 0 Å². The lowest BCUT2D eigenvalue weighted by atomic mass is 10.4. The average molecular weight is 466 g/mol. The molecule has 0 amide bonds. The lowest BCUT2D eigenvalue weighted by molar-refractivity contribution is 0.403. The van der Waals surface area contributed by atoms with Crippen LogP contribution in [0.5, 0.6) is 0 Å². The Hall–Kier alpha value is -1.29. The zero-order valence-corrected chi connectivity index (χ0v) is 19.7. The average Bonchev–Trinajstić information content (AvgIpc) is 2.64. The highest BCUT2D eigenvalue weighted by Crippen LogP contribution is 2.08. The van der Waals surface area contributed by atoms with Crippen molar-refractivity contribution >= 4 is 40.6 Å². The number of nitrogens with one attached hydrogen (secondary N) is 1. The van der Waals surface area contributed by atoms with Gasteiger partial charge in [0.15, 0.2) is 0 Å². The Bertz CT molecular complexity index is 641. The van der Waals surface area contributed by atoms with Gasteiger partial charge in [-0.05, 0) is 60.7 Å². The molecular formula is C18H31Cl3N8. The number of halogens is 3. The molecule has 0 saturated carbocycles. The van der Waals surface area contributed by atoms with Gasteiger partial charge in [-0.2, -0.15) is 0 Å². The quantitative estimate of drug-likeness (QED) is 0.453. The molecule has 0 bridgehead atoms. The van der Waals surface area contributed by atoms with Gasteiger partial charge in [0.25, 0.3) is 0 Å². The van der Waals surface area contributed by atoms with Crippen LogP contribution in [0, 0.1) is 0 Å². The Morgan fingerprint density at radius 1 is 0.793 bits per heavy atom. The number of anilines is 1. The third-order valence-corrected chi connectivity index (χ3v) is 3.75. The second-order valence-corrected chi connectivity index (χ2v) is 7.58. The molecule has 11 heteroatoms. The predicted octanol–water partition coefficient (Wildman–Crippen LogP) is 3.17. The zero-order valence-electron chi connectivity index (χ0n) is 17.4. The fourth-order valence-electron chi connectivity index (χ4n) is 1.76. The minimum atomic E-state index is 0.366. The highest BCUT2D eigenvalue weighted by atomic mass is 35.5. The van der Waals surface area contributed by atoms with Crippen molar-refractivity contribution in [1.29, 1.82) is 0 Å². The van der Waals surface area contributed by atoms with Crippen LogP contribution in [0.1, 0.15) is 12.8 Å². The lowest BCUT2D eigenvalue weighted by Gasteiger charge is -2.09. The second kappa shape index (κ2) is 17.6. The number of hydrogen-bond acceptors (Lipinski definition) is 8. The van der Waals surface area contributed by atoms with Crippen molar-refractivity contribution in [3.63, 3.8) is 0 Å². The molecule has 0 aromatic carbocycles. The van der Waals surface area contributed by atoms with Gasteiger partial charge in [0.05, 0.1) is 0 Å². The van der Waals surface area contributed by atoms with E-state index >= 15 is 0 Å². The van der Waals surface area contributed by atoms with E-state index in [4.69, 9.17) is 40.5 Å². The first-order valence-corrected chi connectivity index (χ1v) is 10.2. The van der Waals surface area contributed by atoms with Crippen molar-refractivity contribution < 1.29 is 0 Å². The first-order valence-electron chi connectivity index (χ1n) is 9.08. The number of hydrogen-bond donors (Lipinski definition) is 2. The van der Waals surface area contributed by atoms with E-state index in [1.165, 1.54) is 18.7 Å². The summed E-state index contributed by atoms with van der Waals surface area (Å²) in [5, 5.41) is 4.38. The smallest absolute Gasteiger partial charge is 0.134 e. The van der Waals surface area contributed by atoms with Crippen molar-refractivity contribution in [2.45, 2.75) is 12.8 Å². The van der Waals surface area contributed by atoms with Crippen LogP contribution < -0.4 is 11.1 Å². The molecule has 0 fully saturated rings. The molecule has 0 radical (unpaired) electrons. The summed E-state index contributed by atoms with van der Waals surface area (Å²) < 4.78 is 0. The van der Waals surface area contributed by atoms with Crippen molar-refractivity contribution in [1.82, 2.24) is 29.7 Å². The maximum absolute atomic E-state index is 5.71. The summed E-state index contributed by atoms with van der Waals surface area (Å²) in [6.07, 6.45) is 4.95. The lowest BCUT2D eigenvalue weighted by Crippen LogP contribution is -2.16. The summed E-state index contributed by atoms with van der Waals surface area (Å²) in [4.78, 5) is 19.3. The van der Waals surface area contributed by atoms with E-state index in [-0.39, 0.29) is 0 Å². The first kappa shape index (κ1) is 27.7. The van der Waals surface area contributed by atoms with Gasteiger partial charge >= 0.3 is 0 Å². The zero-order chi connectivity index (χ0) is 22.1. The van der Waals surface area contributed by atoms with Crippen LogP contribution in [-0.4, -0.2) is 84.1 Å². The van der Waals surface area contributed by atoms with E-state index in [0.29, 0.717) is 15.5 Å². The van der Waals surface area contributed by atoms with Crippen LogP contribution >= 0.6 is 34.8 Å². The fourth-order valence-corrected chi connectivity index (χ4v) is 2.26. The highest BCUT2D eigenvalue weighted by molar-refractivity contribution is 6.33. The van der Waals surface area contributed by atoms with Crippen LogP contribution in [0.25, 0.3) is 0 Å². The largest absolute Gasteiger partial charge is 0.370 e. The molecule has 29 heavy (non-hydrogen) atoms. The number of nitrogens with two attached hydrogens (primary N) is 1. The Morgan fingerprint density at radius 2 is 1.28 bits per heavy atom. The normalized spacial score (nSPS) is 10.1. The third-order valence-electron chi connectivity index (χ3n) is 3.13. The molecule has 8 nitrogen and oxygen atoms in total. The molecule has 2 rings (SSSR count). The Labute approximate surface area is 188 Å². The van der Waals surface area contributed by atoms with E-state index in [2.05, 4.69) is 63.2 Å². The fraction of sp³-hybridized carbons (Fsp3) is 0.556. The summed E-state index contributed by atoms with van der Waals surface area (Å²) in [5.41, 5.74) is 5.25. The number of rotatable bonds is 8. The Kier molecular flexibility index (Phi) is 16.8. The molecule has 3 N–H and O–H groups in total. The van der Waals surface area contributed by atoms with Gasteiger partial charge in [-0.3, -0.25) is 0 Å². The standard InChI is InChI=1S/C9H15ClN4.C5H14N2.C4H2Cl2N2/c1-14(2)5-3-4-11-9-6-8(10)12-7-13-9;1-7(2)5-3-4-6;5-3-1-4(6)8-2-7-3/h6-7H,3-5H2,1-2H3,(H,11,12,13);3-6H2,1-2H3;1-2H. The highest BCUT2D eigenvalue weighted by Gasteiger charge is 1.95. The predicted molar refractivity (Wildman–Crippen MR) is 123 cm³/mol. The first-order chi connectivity index (χ1) is 13.7. The van der Waals surface area contributed by atoms with Gasteiger partial charge in [0, 0.05) is 18.7 Å². The van der Waals surface area contributed by atoms with Crippen molar-refractivity contribution in [3.8, 4) is 0 Å². The SMILES string of the molecule is CN(C)CCCN.CN(C)CCCNc1cc(Cl)ncn1.Clc1cc(Cl)ncn1. The monoisotopic (exact) mass is 464 g/mol. The molecule has 0 spiro atoms. The van der Waals surface area contributed by atoms with Gasteiger partial charge in [-0.15, -0.1) is 0 Å². The molecule has 2 aromatic rings. The molecule has 0 aliphatic carbocycles. The van der Waals surface area contributed by atoms with Gasteiger partial charge in [0.1, 0.15) is 33.9 Å². The summed E-state index contributed by atoms with van der Waals surface area (Å²) in [6.45, 7) is 3.87.